The topological polar surface area (TPSA) is 54.2 Å². The number of aromatic nitrogens is 2. The predicted octanol–water partition coefficient (Wildman–Crippen LogP) is 3.77. The number of nitrogens with zero attached hydrogens (tertiary/aromatic N) is 3. The second-order valence-electron chi connectivity index (χ2n) is 6.90. The number of rotatable bonds is 6. The van der Waals surface area contributed by atoms with Crippen molar-refractivity contribution in [3.8, 4) is 0 Å². The Hall–Kier alpha value is -2.35. The molecule has 0 spiro atoms. The zero-order valence-electron chi connectivity index (χ0n) is 16.0. The molecule has 1 aliphatic carbocycles. The van der Waals surface area contributed by atoms with Gasteiger partial charge < -0.3 is 10.6 Å². The summed E-state index contributed by atoms with van der Waals surface area (Å²) in [5.41, 5.74) is 3.92. The normalized spacial score (nSPS) is 18.2. The highest BCUT2D eigenvalue weighted by Gasteiger charge is 2.38. The Morgan fingerprint density at radius 1 is 1.07 bits per heavy atom. The van der Waals surface area contributed by atoms with Gasteiger partial charge in [0, 0.05) is 37.9 Å². The molecular formula is C22H26IN5. The molecular weight excluding hydrogens is 461 g/mol. The van der Waals surface area contributed by atoms with Crippen molar-refractivity contribution in [1.29, 1.82) is 0 Å². The smallest absolute Gasteiger partial charge is 0.191 e. The van der Waals surface area contributed by atoms with Crippen LogP contribution in [-0.2, 0) is 13.1 Å². The van der Waals surface area contributed by atoms with Crippen LogP contribution in [0.2, 0.25) is 0 Å². The lowest BCUT2D eigenvalue weighted by Gasteiger charge is -2.14. The van der Waals surface area contributed by atoms with Crippen LogP contribution in [0.4, 0.5) is 0 Å². The minimum atomic E-state index is 0. The Morgan fingerprint density at radius 2 is 1.82 bits per heavy atom. The summed E-state index contributed by atoms with van der Waals surface area (Å²) in [7, 11) is 1.82. The van der Waals surface area contributed by atoms with Gasteiger partial charge >= 0.3 is 0 Å². The lowest BCUT2D eigenvalue weighted by Crippen LogP contribution is -2.38. The Bertz CT molecular complexity index is 892. The Labute approximate surface area is 183 Å². The zero-order chi connectivity index (χ0) is 18.5. The predicted molar refractivity (Wildman–Crippen MR) is 124 cm³/mol. The minimum absolute atomic E-state index is 0. The molecule has 2 N–H and O–H groups in total. The Balaban J connectivity index is 0.00000225. The van der Waals surface area contributed by atoms with Crippen LogP contribution in [0.1, 0.15) is 29.0 Å². The maximum absolute atomic E-state index is 4.39. The Morgan fingerprint density at radius 3 is 2.54 bits per heavy atom. The molecule has 4 rings (SSSR count). The SMILES string of the molecule is CN=C(NCc1ccccc1Cn1cccn1)NC1CC1c1ccccc1.I. The van der Waals surface area contributed by atoms with Gasteiger partial charge in [-0.2, -0.15) is 5.10 Å². The number of aliphatic imine (C=N–C) groups is 1. The Kier molecular flexibility index (Phi) is 7.08. The molecule has 0 radical (unpaired) electrons. The molecule has 28 heavy (non-hydrogen) atoms. The van der Waals surface area contributed by atoms with E-state index in [0.717, 1.165) is 25.5 Å². The van der Waals surface area contributed by atoms with Crippen LogP contribution >= 0.6 is 24.0 Å². The second kappa shape index (κ2) is 9.73. The van der Waals surface area contributed by atoms with Crippen molar-refractivity contribution in [2.75, 3.05) is 7.05 Å². The first kappa shape index (κ1) is 20.4. The van der Waals surface area contributed by atoms with Crippen LogP contribution in [0.3, 0.4) is 0 Å². The molecule has 2 unspecified atom stereocenters. The molecule has 0 aliphatic heterocycles. The van der Waals surface area contributed by atoms with Crippen LogP contribution in [0.25, 0.3) is 0 Å². The van der Waals surface area contributed by atoms with Gasteiger partial charge in [0.1, 0.15) is 0 Å². The molecule has 1 aliphatic rings. The fraction of sp³-hybridized carbons (Fsp3) is 0.273. The van der Waals surface area contributed by atoms with E-state index in [9.17, 15) is 0 Å². The van der Waals surface area contributed by atoms with Crippen molar-refractivity contribution in [3.63, 3.8) is 0 Å². The van der Waals surface area contributed by atoms with Gasteiger partial charge in [0.05, 0.1) is 6.54 Å². The average molecular weight is 487 g/mol. The zero-order valence-corrected chi connectivity index (χ0v) is 18.3. The van der Waals surface area contributed by atoms with E-state index in [2.05, 4.69) is 75.3 Å². The molecule has 2 aromatic carbocycles. The van der Waals surface area contributed by atoms with E-state index < -0.39 is 0 Å². The third kappa shape index (κ3) is 5.13. The van der Waals surface area contributed by atoms with Crippen molar-refractivity contribution in [2.24, 2.45) is 4.99 Å². The van der Waals surface area contributed by atoms with Crippen LogP contribution in [0, 0.1) is 0 Å². The summed E-state index contributed by atoms with van der Waals surface area (Å²) in [5, 5.41) is 11.3. The average Bonchev–Trinajstić information content (AvgIpc) is 3.30. The van der Waals surface area contributed by atoms with Gasteiger partial charge in [-0.05, 0) is 29.2 Å². The van der Waals surface area contributed by atoms with Crippen LogP contribution in [-0.4, -0.2) is 28.8 Å². The molecule has 3 aromatic rings. The van der Waals surface area contributed by atoms with Gasteiger partial charge in [-0.15, -0.1) is 24.0 Å². The van der Waals surface area contributed by atoms with Gasteiger partial charge in [0.2, 0.25) is 0 Å². The van der Waals surface area contributed by atoms with E-state index in [-0.39, 0.29) is 24.0 Å². The van der Waals surface area contributed by atoms with Crippen LogP contribution < -0.4 is 10.6 Å². The third-order valence-electron chi connectivity index (χ3n) is 5.02. The monoisotopic (exact) mass is 487 g/mol. The summed E-state index contributed by atoms with van der Waals surface area (Å²) in [5.74, 6) is 1.43. The molecule has 0 bridgehead atoms. The maximum Gasteiger partial charge on any atom is 0.191 e. The molecule has 1 heterocycles. The number of hydrogen-bond donors (Lipinski definition) is 2. The summed E-state index contributed by atoms with van der Waals surface area (Å²) in [6, 6.07) is 21.5. The molecule has 5 nitrogen and oxygen atoms in total. The standard InChI is InChI=1S/C22H25N5.HI/c1-23-22(26-21-14-20(21)17-8-3-2-4-9-17)24-15-18-10-5-6-11-19(18)16-27-13-7-12-25-27;/h2-13,20-21H,14-16H2,1H3,(H2,23,24,26);1H. The first-order chi connectivity index (χ1) is 13.3. The summed E-state index contributed by atoms with van der Waals surface area (Å²) >= 11 is 0. The lowest BCUT2D eigenvalue weighted by atomic mass is 10.1. The van der Waals surface area contributed by atoms with E-state index in [0.29, 0.717) is 12.0 Å². The highest BCUT2D eigenvalue weighted by Crippen LogP contribution is 2.40. The number of halogens is 1. The molecule has 1 aromatic heterocycles. The van der Waals surface area contributed by atoms with E-state index in [4.69, 9.17) is 0 Å². The second-order valence-corrected chi connectivity index (χ2v) is 6.90. The van der Waals surface area contributed by atoms with E-state index in [1.165, 1.54) is 16.7 Å². The van der Waals surface area contributed by atoms with E-state index in [1.807, 2.05) is 30.2 Å². The van der Waals surface area contributed by atoms with Gasteiger partial charge in [0.15, 0.2) is 5.96 Å². The molecule has 6 heteroatoms. The minimum Gasteiger partial charge on any atom is -0.353 e. The summed E-state index contributed by atoms with van der Waals surface area (Å²) < 4.78 is 1.94. The molecule has 0 amide bonds. The lowest BCUT2D eigenvalue weighted by molar-refractivity contribution is 0.677. The third-order valence-corrected chi connectivity index (χ3v) is 5.02. The molecule has 2 atom stereocenters. The molecule has 1 saturated carbocycles. The van der Waals surface area contributed by atoms with Gasteiger partial charge in [0.25, 0.3) is 0 Å². The number of benzene rings is 2. The molecule has 0 saturated heterocycles. The molecule has 146 valence electrons. The first-order valence-electron chi connectivity index (χ1n) is 9.40. The number of hydrogen-bond acceptors (Lipinski definition) is 2. The number of nitrogens with one attached hydrogen (secondary N) is 2. The summed E-state index contributed by atoms with van der Waals surface area (Å²) in [6.45, 7) is 1.51. The van der Waals surface area contributed by atoms with Crippen molar-refractivity contribution in [3.05, 3.63) is 89.7 Å². The number of guanidine groups is 1. The first-order valence-corrected chi connectivity index (χ1v) is 9.40. The van der Waals surface area contributed by atoms with E-state index >= 15 is 0 Å². The maximum atomic E-state index is 4.39. The van der Waals surface area contributed by atoms with E-state index in [1.54, 1.807) is 0 Å². The fourth-order valence-electron chi connectivity index (χ4n) is 3.43. The fourth-order valence-corrected chi connectivity index (χ4v) is 3.43. The largest absolute Gasteiger partial charge is 0.353 e. The van der Waals surface area contributed by atoms with Gasteiger partial charge in [-0.1, -0.05) is 54.6 Å². The summed E-state index contributed by atoms with van der Waals surface area (Å²) in [4.78, 5) is 4.39. The molecule has 1 fully saturated rings. The van der Waals surface area contributed by atoms with Crippen LogP contribution in [0.15, 0.2) is 78.0 Å². The van der Waals surface area contributed by atoms with Crippen molar-refractivity contribution < 1.29 is 0 Å². The van der Waals surface area contributed by atoms with Crippen molar-refractivity contribution in [2.45, 2.75) is 31.5 Å². The quantitative estimate of drug-likeness (QED) is 0.316. The van der Waals surface area contributed by atoms with Gasteiger partial charge in [-0.25, -0.2) is 0 Å². The highest BCUT2D eigenvalue weighted by atomic mass is 127. The highest BCUT2D eigenvalue weighted by molar-refractivity contribution is 14.0. The van der Waals surface area contributed by atoms with Crippen molar-refractivity contribution >= 4 is 29.9 Å². The van der Waals surface area contributed by atoms with Crippen molar-refractivity contribution in [1.82, 2.24) is 20.4 Å². The van der Waals surface area contributed by atoms with Crippen LogP contribution in [0.5, 0.6) is 0 Å². The van der Waals surface area contributed by atoms with Gasteiger partial charge in [-0.3, -0.25) is 9.67 Å². The summed E-state index contributed by atoms with van der Waals surface area (Å²) in [6.07, 6.45) is 4.95.